The summed E-state index contributed by atoms with van der Waals surface area (Å²) in [5.74, 6) is 1.81. The number of nitrogens with two attached hydrogens (primary N) is 1. The van der Waals surface area contributed by atoms with Gasteiger partial charge in [0.25, 0.3) is 0 Å². The van der Waals surface area contributed by atoms with Gasteiger partial charge in [0.15, 0.2) is 0 Å². The molecule has 2 aliphatic rings. The molecule has 1 amide bonds. The fourth-order valence-corrected chi connectivity index (χ4v) is 3.33. The maximum absolute atomic E-state index is 11.9. The van der Waals surface area contributed by atoms with Crippen LogP contribution in [0.1, 0.15) is 39.0 Å². The van der Waals surface area contributed by atoms with Crippen molar-refractivity contribution in [1.29, 1.82) is 0 Å². The van der Waals surface area contributed by atoms with Gasteiger partial charge in [-0.3, -0.25) is 4.79 Å². The van der Waals surface area contributed by atoms with E-state index in [1.807, 2.05) is 4.90 Å². The zero-order chi connectivity index (χ0) is 13.7. The topological polar surface area (TPSA) is 49.6 Å². The van der Waals surface area contributed by atoms with Crippen molar-refractivity contribution in [3.8, 4) is 0 Å². The first-order valence-corrected chi connectivity index (χ1v) is 7.89. The first-order valence-electron chi connectivity index (χ1n) is 7.89. The van der Waals surface area contributed by atoms with Crippen LogP contribution < -0.4 is 5.73 Å². The summed E-state index contributed by atoms with van der Waals surface area (Å²) in [6.45, 7) is 8.38. The van der Waals surface area contributed by atoms with Gasteiger partial charge in [-0.05, 0) is 50.6 Å². The lowest BCUT2D eigenvalue weighted by atomic mass is 9.94. The normalized spacial score (nSPS) is 25.3. The van der Waals surface area contributed by atoms with Crippen LogP contribution in [-0.2, 0) is 4.79 Å². The number of halogens is 1. The lowest BCUT2D eigenvalue weighted by molar-refractivity contribution is -0.132. The lowest BCUT2D eigenvalue weighted by Gasteiger charge is -2.37. The minimum Gasteiger partial charge on any atom is -0.342 e. The second kappa shape index (κ2) is 8.85. The highest BCUT2D eigenvalue weighted by Crippen LogP contribution is 2.22. The summed E-state index contributed by atoms with van der Waals surface area (Å²) in [6.07, 6.45) is 5.61. The number of nitrogens with zero attached hydrogens (tertiary/aromatic N) is 2. The molecule has 118 valence electrons. The predicted molar refractivity (Wildman–Crippen MR) is 85.1 cm³/mol. The molecule has 1 atom stereocenters. The van der Waals surface area contributed by atoms with Gasteiger partial charge in [-0.25, -0.2) is 0 Å². The number of carbonyl (C=O) groups excluding carboxylic acids is 1. The summed E-state index contributed by atoms with van der Waals surface area (Å²) >= 11 is 0. The first kappa shape index (κ1) is 17.7. The molecule has 2 heterocycles. The number of hydrogen-bond donors (Lipinski definition) is 1. The van der Waals surface area contributed by atoms with E-state index in [9.17, 15) is 4.79 Å². The van der Waals surface area contributed by atoms with Crippen molar-refractivity contribution < 1.29 is 4.79 Å². The van der Waals surface area contributed by atoms with Crippen molar-refractivity contribution in [2.45, 2.75) is 39.0 Å². The third-order valence-electron chi connectivity index (χ3n) is 4.62. The Morgan fingerprint density at radius 2 is 1.90 bits per heavy atom. The van der Waals surface area contributed by atoms with Crippen molar-refractivity contribution in [1.82, 2.24) is 9.80 Å². The van der Waals surface area contributed by atoms with Gasteiger partial charge in [0.05, 0.1) is 0 Å². The van der Waals surface area contributed by atoms with Crippen LogP contribution in [0.25, 0.3) is 0 Å². The van der Waals surface area contributed by atoms with E-state index in [0.717, 1.165) is 25.4 Å². The Labute approximate surface area is 129 Å². The van der Waals surface area contributed by atoms with Crippen LogP contribution in [0, 0.1) is 11.8 Å². The van der Waals surface area contributed by atoms with Crippen LogP contribution in [-0.4, -0.2) is 55.0 Å². The molecule has 20 heavy (non-hydrogen) atoms. The summed E-state index contributed by atoms with van der Waals surface area (Å²) in [6, 6.07) is 0. The summed E-state index contributed by atoms with van der Waals surface area (Å²) in [5, 5.41) is 0. The molecule has 2 aliphatic heterocycles. The monoisotopic (exact) mass is 303 g/mol. The fourth-order valence-electron chi connectivity index (χ4n) is 3.33. The Bertz CT molecular complexity index is 293. The van der Waals surface area contributed by atoms with E-state index < -0.39 is 0 Å². The van der Waals surface area contributed by atoms with Crippen molar-refractivity contribution in [2.75, 3.05) is 39.3 Å². The molecule has 0 bridgehead atoms. The van der Waals surface area contributed by atoms with Crippen LogP contribution in [0.5, 0.6) is 0 Å². The Morgan fingerprint density at radius 1 is 1.20 bits per heavy atom. The van der Waals surface area contributed by atoms with Crippen LogP contribution in [0.15, 0.2) is 0 Å². The number of amides is 1. The molecule has 2 rings (SSSR count). The van der Waals surface area contributed by atoms with E-state index >= 15 is 0 Å². The van der Waals surface area contributed by atoms with E-state index in [1.54, 1.807) is 0 Å². The van der Waals surface area contributed by atoms with Gasteiger partial charge in [0, 0.05) is 32.6 Å². The summed E-state index contributed by atoms with van der Waals surface area (Å²) in [4.78, 5) is 16.5. The summed E-state index contributed by atoms with van der Waals surface area (Å²) < 4.78 is 0. The Balaban J connectivity index is 0.00000200. The Kier molecular flexibility index (Phi) is 7.85. The van der Waals surface area contributed by atoms with Crippen molar-refractivity contribution in [3.63, 3.8) is 0 Å². The molecule has 0 aromatic carbocycles. The molecule has 2 fully saturated rings. The van der Waals surface area contributed by atoms with E-state index in [-0.39, 0.29) is 18.3 Å². The molecule has 0 radical (unpaired) electrons. The standard InChI is InChI=1S/C15H29N3O.ClH/c1-13-5-9-17(10-6-13)11-14-3-2-8-18(12-14)15(19)4-7-16;/h13-14H,2-12,16H2,1H3;1H. The Morgan fingerprint density at radius 3 is 2.55 bits per heavy atom. The van der Waals surface area contributed by atoms with Gasteiger partial charge < -0.3 is 15.5 Å². The highest BCUT2D eigenvalue weighted by atomic mass is 35.5. The van der Waals surface area contributed by atoms with Crippen molar-refractivity contribution in [2.24, 2.45) is 17.6 Å². The maximum Gasteiger partial charge on any atom is 0.223 e. The number of rotatable bonds is 4. The molecular weight excluding hydrogens is 274 g/mol. The molecule has 1 unspecified atom stereocenters. The molecule has 0 aliphatic carbocycles. The van der Waals surface area contributed by atoms with Crippen molar-refractivity contribution >= 4 is 18.3 Å². The molecule has 2 N–H and O–H groups in total. The smallest absolute Gasteiger partial charge is 0.223 e. The average Bonchev–Trinajstić information content (AvgIpc) is 2.42. The molecule has 0 aromatic rings. The number of piperidine rings is 2. The van der Waals surface area contributed by atoms with Gasteiger partial charge >= 0.3 is 0 Å². The van der Waals surface area contributed by atoms with E-state index in [4.69, 9.17) is 5.73 Å². The van der Waals surface area contributed by atoms with Gasteiger partial charge in [-0.2, -0.15) is 0 Å². The van der Waals surface area contributed by atoms with Gasteiger partial charge in [-0.1, -0.05) is 6.92 Å². The van der Waals surface area contributed by atoms with E-state index in [2.05, 4.69) is 11.8 Å². The third-order valence-corrected chi connectivity index (χ3v) is 4.62. The zero-order valence-electron chi connectivity index (χ0n) is 12.7. The summed E-state index contributed by atoms with van der Waals surface area (Å²) in [7, 11) is 0. The number of likely N-dealkylation sites (tertiary alicyclic amines) is 2. The van der Waals surface area contributed by atoms with Crippen LogP contribution in [0.3, 0.4) is 0 Å². The molecule has 2 saturated heterocycles. The molecule has 5 heteroatoms. The predicted octanol–water partition coefficient (Wildman–Crippen LogP) is 1.73. The Hall–Kier alpha value is -0.320. The third kappa shape index (κ3) is 5.23. The van der Waals surface area contributed by atoms with E-state index in [0.29, 0.717) is 18.9 Å². The SMILES string of the molecule is CC1CCN(CC2CCCN(C(=O)CCN)C2)CC1.Cl. The second-order valence-electron chi connectivity index (χ2n) is 6.37. The number of hydrogen-bond acceptors (Lipinski definition) is 3. The summed E-state index contributed by atoms with van der Waals surface area (Å²) in [5.41, 5.74) is 5.48. The molecule has 4 nitrogen and oxygen atoms in total. The van der Waals surface area contributed by atoms with Gasteiger partial charge in [0.2, 0.25) is 5.91 Å². The average molecular weight is 304 g/mol. The van der Waals surface area contributed by atoms with Crippen LogP contribution in [0.2, 0.25) is 0 Å². The molecule has 0 spiro atoms. The maximum atomic E-state index is 11.9. The first-order chi connectivity index (χ1) is 9.19. The highest BCUT2D eigenvalue weighted by molar-refractivity contribution is 5.85. The quantitative estimate of drug-likeness (QED) is 0.860. The number of carbonyl (C=O) groups is 1. The highest BCUT2D eigenvalue weighted by Gasteiger charge is 2.25. The van der Waals surface area contributed by atoms with Crippen LogP contribution >= 0.6 is 12.4 Å². The van der Waals surface area contributed by atoms with Gasteiger partial charge in [-0.15, -0.1) is 12.4 Å². The molecule has 0 aromatic heterocycles. The lowest BCUT2D eigenvalue weighted by Crippen LogP contribution is -2.45. The largest absolute Gasteiger partial charge is 0.342 e. The second-order valence-corrected chi connectivity index (χ2v) is 6.37. The van der Waals surface area contributed by atoms with Crippen LogP contribution in [0.4, 0.5) is 0 Å². The zero-order valence-corrected chi connectivity index (χ0v) is 13.5. The minimum absolute atomic E-state index is 0. The van der Waals surface area contributed by atoms with E-state index in [1.165, 1.54) is 38.9 Å². The minimum atomic E-state index is 0. The van der Waals surface area contributed by atoms with Crippen molar-refractivity contribution in [3.05, 3.63) is 0 Å². The molecular formula is C15H30ClN3O. The fraction of sp³-hybridized carbons (Fsp3) is 0.933. The molecule has 0 saturated carbocycles. The van der Waals surface area contributed by atoms with Gasteiger partial charge in [0.1, 0.15) is 0 Å².